The van der Waals surface area contributed by atoms with Gasteiger partial charge in [0.2, 0.25) is 0 Å². The third-order valence-corrected chi connectivity index (χ3v) is 3.50. The van der Waals surface area contributed by atoms with Gasteiger partial charge in [0, 0.05) is 18.7 Å². The van der Waals surface area contributed by atoms with Crippen molar-refractivity contribution < 1.29 is 4.79 Å². The number of hydrogen-bond donors (Lipinski definition) is 0. The molecule has 1 aliphatic rings. The highest BCUT2D eigenvalue weighted by molar-refractivity contribution is 5.94. The number of nitriles is 1. The molecule has 88 valence electrons. The first-order chi connectivity index (χ1) is 8.13. The maximum atomic E-state index is 12.2. The summed E-state index contributed by atoms with van der Waals surface area (Å²) < 4.78 is 0. The smallest absolute Gasteiger partial charge is 0.253 e. The lowest BCUT2D eigenvalue weighted by Gasteiger charge is -2.24. The van der Waals surface area contributed by atoms with Crippen molar-refractivity contribution in [1.29, 1.82) is 5.26 Å². The lowest BCUT2D eigenvalue weighted by atomic mass is 10.1. The number of carbonyl (C=O) groups is 1. The summed E-state index contributed by atoms with van der Waals surface area (Å²) in [6.45, 7) is 2.10. The Hall–Kier alpha value is -1.82. The first-order valence-electron chi connectivity index (χ1n) is 5.91. The monoisotopic (exact) mass is 228 g/mol. The molecule has 0 bridgehead atoms. The highest BCUT2D eigenvalue weighted by Crippen LogP contribution is 2.35. The van der Waals surface area contributed by atoms with Crippen molar-refractivity contribution in [3.05, 3.63) is 35.4 Å². The molecule has 0 heterocycles. The molecular formula is C14H16N2O. The van der Waals surface area contributed by atoms with E-state index >= 15 is 0 Å². The molecule has 0 aromatic heterocycles. The Morgan fingerprint density at radius 1 is 1.41 bits per heavy atom. The largest absolute Gasteiger partial charge is 0.339 e. The highest BCUT2D eigenvalue weighted by atomic mass is 16.2. The van der Waals surface area contributed by atoms with Gasteiger partial charge in [-0.1, -0.05) is 0 Å². The van der Waals surface area contributed by atoms with Crippen molar-refractivity contribution in [3.63, 3.8) is 0 Å². The Morgan fingerprint density at radius 3 is 2.47 bits per heavy atom. The number of benzene rings is 1. The molecule has 3 nitrogen and oxygen atoms in total. The van der Waals surface area contributed by atoms with Crippen LogP contribution in [0.3, 0.4) is 0 Å². The summed E-state index contributed by atoms with van der Waals surface area (Å²) >= 11 is 0. The molecule has 3 heteroatoms. The van der Waals surface area contributed by atoms with Crippen LogP contribution < -0.4 is 0 Å². The zero-order chi connectivity index (χ0) is 12.4. The van der Waals surface area contributed by atoms with Gasteiger partial charge in [-0.3, -0.25) is 4.79 Å². The molecule has 0 radical (unpaired) electrons. The van der Waals surface area contributed by atoms with Crippen LogP contribution in [0.5, 0.6) is 0 Å². The van der Waals surface area contributed by atoms with Crippen LogP contribution in [0.15, 0.2) is 24.3 Å². The summed E-state index contributed by atoms with van der Waals surface area (Å²) in [5.41, 5.74) is 1.23. The summed E-state index contributed by atoms with van der Waals surface area (Å²) in [4.78, 5) is 14.0. The second-order valence-corrected chi connectivity index (χ2v) is 4.68. The summed E-state index contributed by atoms with van der Waals surface area (Å²) in [6, 6.07) is 9.16. The van der Waals surface area contributed by atoms with Crippen LogP contribution in [0.1, 0.15) is 35.7 Å². The summed E-state index contributed by atoms with van der Waals surface area (Å²) in [5, 5.41) is 8.70. The summed E-state index contributed by atoms with van der Waals surface area (Å²) in [6.07, 6.45) is 2.46. The number of amides is 1. The van der Waals surface area contributed by atoms with E-state index < -0.39 is 0 Å². The molecule has 1 atom stereocenters. The maximum Gasteiger partial charge on any atom is 0.253 e. The Balaban J connectivity index is 2.10. The van der Waals surface area contributed by atoms with E-state index in [0.29, 0.717) is 23.1 Å². The minimum absolute atomic E-state index is 0.0360. The van der Waals surface area contributed by atoms with Crippen LogP contribution in [0.2, 0.25) is 0 Å². The minimum Gasteiger partial charge on any atom is -0.339 e. The molecular weight excluding hydrogens is 212 g/mol. The van der Waals surface area contributed by atoms with E-state index in [1.807, 2.05) is 13.1 Å². The molecule has 1 aromatic carbocycles. The van der Waals surface area contributed by atoms with Crippen molar-refractivity contribution in [3.8, 4) is 6.07 Å². The Kier molecular flexibility index (Phi) is 3.14. The van der Waals surface area contributed by atoms with Crippen LogP contribution >= 0.6 is 0 Å². The van der Waals surface area contributed by atoms with Gasteiger partial charge in [-0.2, -0.15) is 5.26 Å². The molecule has 1 fully saturated rings. The molecule has 1 aliphatic carbocycles. The minimum atomic E-state index is 0.0360. The Morgan fingerprint density at radius 2 is 2.00 bits per heavy atom. The molecule has 0 N–H and O–H groups in total. The van der Waals surface area contributed by atoms with Crippen LogP contribution in [0.4, 0.5) is 0 Å². The Labute approximate surface area is 102 Å². The van der Waals surface area contributed by atoms with Crippen molar-refractivity contribution in [2.75, 3.05) is 7.05 Å². The van der Waals surface area contributed by atoms with Gasteiger partial charge in [0.05, 0.1) is 11.6 Å². The van der Waals surface area contributed by atoms with E-state index in [-0.39, 0.29) is 5.91 Å². The third-order valence-electron chi connectivity index (χ3n) is 3.50. The van der Waals surface area contributed by atoms with E-state index in [1.54, 1.807) is 29.2 Å². The first-order valence-corrected chi connectivity index (χ1v) is 5.91. The second kappa shape index (κ2) is 4.58. The first kappa shape index (κ1) is 11.7. The third kappa shape index (κ3) is 2.47. The number of nitrogens with zero attached hydrogens (tertiary/aromatic N) is 2. The molecule has 1 saturated carbocycles. The number of rotatable bonds is 3. The van der Waals surface area contributed by atoms with Gasteiger partial charge >= 0.3 is 0 Å². The van der Waals surface area contributed by atoms with E-state index in [9.17, 15) is 4.79 Å². The van der Waals surface area contributed by atoms with Crippen LogP contribution in [0, 0.1) is 17.2 Å². The van der Waals surface area contributed by atoms with E-state index in [4.69, 9.17) is 5.26 Å². The molecule has 2 rings (SSSR count). The van der Waals surface area contributed by atoms with Crippen LogP contribution in [-0.2, 0) is 0 Å². The van der Waals surface area contributed by atoms with Gasteiger partial charge in [-0.25, -0.2) is 0 Å². The molecule has 0 saturated heterocycles. The number of hydrogen-bond acceptors (Lipinski definition) is 2. The van der Waals surface area contributed by atoms with E-state index in [0.717, 1.165) is 0 Å². The molecule has 1 aromatic rings. The average Bonchev–Trinajstić information content (AvgIpc) is 3.20. The fourth-order valence-electron chi connectivity index (χ4n) is 1.97. The van der Waals surface area contributed by atoms with Crippen molar-refractivity contribution >= 4 is 5.91 Å². The number of carbonyl (C=O) groups excluding carboxylic acids is 1. The molecule has 17 heavy (non-hydrogen) atoms. The summed E-state index contributed by atoms with van der Waals surface area (Å²) in [5.74, 6) is 0.705. The lowest BCUT2D eigenvalue weighted by molar-refractivity contribution is 0.0727. The fourth-order valence-corrected chi connectivity index (χ4v) is 1.97. The van der Waals surface area contributed by atoms with E-state index in [2.05, 4.69) is 6.92 Å². The van der Waals surface area contributed by atoms with Crippen molar-refractivity contribution in [1.82, 2.24) is 4.90 Å². The van der Waals surface area contributed by atoms with Gasteiger partial charge in [0.15, 0.2) is 0 Å². The van der Waals surface area contributed by atoms with Gasteiger partial charge in [0.1, 0.15) is 0 Å². The normalized spacial score (nSPS) is 16.1. The van der Waals surface area contributed by atoms with Crippen molar-refractivity contribution in [2.45, 2.75) is 25.8 Å². The molecule has 0 spiro atoms. The van der Waals surface area contributed by atoms with Gasteiger partial charge in [0.25, 0.3) is 5.91 Å². The Bertz CT molecular complexity index is 454. The van der Waals surface area contributed by atoms with Gasteiger partial charge < -0.3 is 4.90 Å². The predicted molar refractivity (Wildman–Crippen MR) is 65.4 cm³/mol. The van der Waals surface area contributed by atoms with E-state index in [1.165, 1.54) is 12.8 Å². The average molecular weight is 228 g/mol. The predicted octanol–water partition coefficient (Wildman–Crippen LogP) is 2.43. The zero-order valence-corrected chi connectivity index (χ0v) is 10.2. The molecule has 1 amide bonds. The maximum absolute atomic E-state index is 12.2. The lowest BCUT2D eigenvalue weighted by Crippen LogP contribution is -2.36. The van der Waals surface area contributed by atoms with Gasteiger partial charge in [-0.05, 0) is 49.9 Å². The van der Waals surface area contributed by atoms with Gasteiger partial charge in [-0.15, -0.1) is 0 Å². The van der Waals surface area contributed by atoms with Crippen LogP contribution in [-0.4, -0.2) is 23.9 Å². The molecule has 1 unspecified atom stereocenters. The quantitative estimate of drug-likeness (QED) is 0.797. The molecule has 0 aliphatic heterocycles. The second-order valence-electron chi connectivity index (χ2n) is 4.68. The fraction of sp³-hybridized carbons (Fsp3) is 0.429. The SMILES string of the molecule is CC(C1CC1)N(C)C(=O)c1ccc(C#N)cc1. The standard InChI is InChI=1S/C14H16N2O/c1-10(12-7-8-12)16(2)14(17)13-5-3-11(9-15)4-6-13/h3-6,10,12H,7-8H2,1-2H3. The van der Waals surface area contributed by atoms with Crippen LogP contribution in [0.25, 0.3) is 0 Å². The summed E-state index contributed by atoms with van der Waals surface area (Å²) in [7, 11) is 1.85. The topological polar surface area (TPSA) is 44.1 Å². The highest BCUT2D eigenvalue weighted by Gasteiger charge is 2.32. The van der Waals surface area contributed by atoms with Crippen molar-refractivity contribution in [2.24, 2.45) is 5.92 Å². The zero-order valence-electron chi connectivity index (χ0n) is 10.2.